The van der Waals surface area contributed by atoms with E-state index in [1.807, 2.05) is 46.6 Å². The zero-order chi connectivity index (χ0) is 22.0. The third kappa shape index (κ3) is 4.07. The zero-order valence-corrected chi connectivity index (χ0v) is 19.5. The molecular weight excluding hydrogens is 404 g/mol. The molecule has 0 aliphatic carbocycles. The first-order valence-corrected chi connectivity index (χ1v) is 11.8. The number of urea groups is 1. The van der Waals surface area contributed by atoms with Crippen LogP contribution in [0.25, 0.3) is 0 Å². The van der Waals surface area contributed by atoms with Crippen molar-refractivity contribution in [2.24, 2.45) is 0 Å². The Bertz CT molecular complexity index is 1070. The van der Waals surface area contributed by atoms with Gasteiger partial charge in [0.2, 0.25) is 0 Å². The molecule has 1 N–H and O–H groups in total. The Morgan fingerprint density at radius 2 is 1.87 bits per heavy atom. The lowest BCUT2D eigenvalue weighted by Gasteiger charge is -2.36. The Morgan fingerprint density at radius 3 is 2.55 bits per heavy atom. The summed E-state index contributed by atoms with van der Waals surface area (Å²) in [5.41, 5.74) is 6.05. The van der Waals surface area contributed by atoms with Crippen molar-refractivity contribution in [3.05, 3.63) is 80.5 Å². The molecule has 4 rings (SSSR count). The van der Waals surface area contributed by atoms with Crippen molar-refractivity contribution in [1.82, 2.24) is 4.90 Å². The van der Waals surface area contributed by atoms with Crippen LogP contribution >= 0.6 is 11.3 Å². The van der Waals surface area contributed by atoms with Gasteiger partial charge < -0.3 is 15.0 Å². The summed E-state index contributed by atoms with van der Waals surface area (Å²) < 4.78 is 5.36. The quantitative estimate of drug-likeness (QED) is 0.507. The van der Waals surface area contributed by atoms with E-state index in [0.29, 0.717) is 6.54 Å². The molecule has 0 saturated carbocycles. The number of anilines is 1. The van der Waals surface area contributed by atoms with Crippen molar-refractivity contribution in [3.63, 3.8) is 0 Å². The number of amides is 2. The number of fused-ring (bicyclic) bond motifs is 1. The zero-order valence-electron chi connectivity index (χ0n) is 18.7. The maximum Gasteiger partial charge on any atom is 0.322 e. The molecule has 1 atom stereocenters. The first-order valence-electron chi connectivity index (χ1n) is 11.0. The highest BCUT2D eigenvalue weighted by atomic mass is 32.1. The molecule has 1 aliphatic heterocycles. The van der Waals surface area contributed by atoms with Gasteiger partial charge in [-0.05, 0) is 66.6 Å². The van der Waals surface area contributed by atoms with Crippen LogP contribution in [-0.4, -0.2) is 24.6 Å². The molecule has 3 aromatic rings. The van der Waals surface area contributed by atoms with E-state index < -0.39 is 0 Å². The van der Waals surface area contributed by atoms with Gasteiger partial charge in [0.15, 0.2) is 0 Å². The number of hydrogen-bond acceptors (Lipinski definition) is 3. The second-order valence-corrected chi connectivity index (χ2v) is 9.15. The first-order chi connectivity index (χ1) is 15.1. The minimum Gasteiger partial charge on any atom is -0.497 e. The SMILES string of the molecule is CCc1ccccc1NC(=O)N1CCc2c(sc(C)c2CC)[C@H]1c1ccc(OC)cc1. The summed E-state index contributed by atoms with van der Waals surface area (Å²) in [7, 11) is 1.68. The molecule has 0 spiro atoms. The number of ether oxygens (including phenoxy) is 1. The van der Waals surface area contributed by atoms with Crippen molar-refractivity contribution >= 4 is 23.1 Å². The Labute approximate surface area is 188 Å². The largest absolute Gasteiger partial charge is 0.497 e. The highest BCUT2D eigenvalue weighted by Crippen LogP contribution is 2.43. The lowest BCUT2D eigenvalue weighted by atomic mass is 9.92. The minimum atomic E-state index is -0.0903. The van der Waals surface area contributed by atoms with E-state index in [-0.39, 0.29) is 12.1 Å². The van der Waals surface area contributed by atoms with Gasteiger partial charge in [0, 0.05) is 22.0 Å². The molecule has 31 heavy (non-hydrogen) atoms. The first kappa shape index (κ1) is 21.4. The molecule has 0 saturated heterocycles. The Balaban J connectivity index is 1.73. The van der Waals surface area contributed by atoms with Crippen LogP contribution in [0.2, 0.25) is 0 Å². The Morgan fingerprint density at radius 1 is 1.13 bits per heavy atom. The van der Waals surface area contributed by atoms with Crippen LogP contribution in [0.1, 0.15) is 51.9 Å². The number of nitrogens with one attached hydrogen (secondary N) is 1. The van der Waals surface area contributed by atoms with Gasteiger partial charge in [0.25, 0.3) is 0 Å². The second kappa shape index (κ2) is 9.15. The fourth-order valence-corrected chi connectivity index (χ4v) is 6.03. The third-order valence-electron chi connectivity index (χ3n) is 6.20. The fraction of sp³-hybridized carbons (Fsp3) is 0.346. The molecule has 2 amide bonds. The number of carbonyl (C=O) groups excluding carboxylic acids is 1. The van der Waals surface area contributed by atoms with Crippen LogP contribution < -0.4 is 10.1 Å². The van der Waals surface area contributed by atoms with E-state index >= 15 is 0 Å². The van der Waals surface area contributed by atoms with Crippen molar-refractivity contribution < 1.29 is 9.53 Å². The maximum atomic E-state index is 13.5. The normalized spacial score (nSPS) is 15.5. The predicted molar refractivity (Wildman–Crippen MR) is 129 cm³/mol. The van der Waals surface area contributed by atoms with Crippen molar-refractivity contribution in [2.45, 2.75) is 46.1 Å². The minimum absolute atomic E-state index is 0.0449. The van der Waals surface area contributed by atoms with Gasteiger partial charge >= 0.3 is 6.03 Å². The summed E-state index contributed by atoms with van der Waals surface area (Å²) in [5, 5.41) is 3.19. The maximum absolute atomic E-state index is 13.5. The summed E-state index contributed by atoms with van der Waals surface area (Å²) in [6.07, 6.45) is 2.81. The molecule has 1 aliphatic rings. The van der Waals surface area contributed by atoms with E-state index in [4.69, 9.17) is 4.74 Å². The average Bonchev–Trinajstić information content (AvgIpc) is 3.13. The van der Waals surface area contributed by atoms with Gasteiger partial charge in [-0.25, -0.2) is 4.79 Å². The summed E-state index contributed by atoms with van der Waals surface area (Å²) in [6.45, 7) is 7.24. The molecule has 0 fully saturated rings. The van der Waals surface area contributed by atoms with Crippen LogP contribution in [-0.2, 0) is 19.3 Å². The summed E-state index contributed by atoms with van der Waals surface area (Å²) >= 11 is 1.84. The number of thiophene rings is 1. The van der Waals surface area contributed by atoms with Gasteiger partial charge in [0.1, 0.15) is 5.75 Å². The Hall–Kier alpha value is -2.79. The van der Waals surface area contributed by atoms with Gasteiger partial charge in [0.05, 0.1) is 13.2 Å². The van der Waals surface area contributed by atoms with Crippen LogP contribution in [0.5, 0.6) is 5.75 Å². The van der Waals surface area contributed by atoms with E-state index in [1.54, 1.807) is 7.11 Å². The molecule has 4 nitrogen and oxygen atoms in total. The van der Waals surface area contributed by atoms with Crippen LogP contribution in [0.3, 0.4) is 0 Å². The molecule has 0 unspecified atom stereocenters. The molecule has 162 valence electrons. The molecular formula is C26H30N2O2S. The standard InChI is InChI=1S/C26H30N2O2S/c1-5-18-9-7-8-10-23(18)27-26(29)28-16-15-22-21(6-2)17(3)31-25(22)24(28)19-11-13-20(30-4)14-12-19/h7-14,24H,5-6,15-16H2,1-4H3,(H,27,29)/t24-/m1/s1. The van der Waals surface area contributed by atoms with Crippen LogP contribution in [0.4, 0.5) is 10.5 Å². The number of nitrogens with zero attached hydrogens (tertiary/aromatic N) is 1. The Kier molecular flexibility index (Phi) is 6.33. The van der Waals surface area contributed by atoms with E-state index in [2.05, 4.69) is 44.3 Å². The molecule has 0 radical (unpaired) electrons. The lowest BCUT2D eigenvalue weighted by molar-refractivity contribution is 0.195. The van der Waals surface area contributed by atoms with Crippen LogP contribution in [0.15, 0.2) is 48.5 Å². The fourth-order valence-electron chi connectivity index (χ4n) is 4.58. The van der Waals surface area contributed by atoms with E-state index in [1.165, 1.54) is 20.9 Å². The monoisotopic (exact) mass is 434 g/mol. The summed E-state index contributed by atoms with van der Waals surface area (Å²) in [5.74, 6) is 0.823. The topological polar surface area (TPSA) is 41.6 Å². The van der Waals surface area contributed by atoms with E-state index in [0.717, 1.165) is 41.8 Å². The number of aryl methyl sites for hydroxylation is 2. The third-order valence-corrected chi connectivity index (χ3v) is 7.44. The average molecular weight is 435 g/mol. The number of para-hydroxylation sites is 1. The number of hydrogen-bond donors (Lipinski definition) is 1. The van der Waals surface area contributed by atoms with Crippen molar-refractivity contribution in [3.8, 4) is 5.75 Å². The molecule has 0 bridgehead atoms. The van der Waals surface area contributed by atoms with Gasteiger partial charge in [-0.1, -0.05) is 44.2 Å². The molecule has 1 aromatic heterocycles. The van der Waals surface area contributed by atoms with Gasteiger partial charge in [-0.15, -0.1) is 11.3 Å². The van der Waals surface area contributed by atoms with Crippen LogP contribution in [0, 0.1) is 6.92 Å². The number of carbonyl (C=O) groups is 1. The van der Waals surface area contributed by atoms with Crippen molar-refractivity contribution in [1.29, 1.82) is 0 Å². The predicted octanol–water partition coefficient (Wildman–Crippen LogP) is 6.37. The van der Waals surface area contributed by atoms with Crippen molar-refractivity contribution in [2.75, 3.05) is 19.0 Å². The highest BCUT2D eigenvalue weighted by molar-refractivity contribution is 7.12. The summed E-state index contributed by atoms with van der Waals surface area (Å²) in [4.78, 5) is 18.2. The summed E-state index contributed by atoms with van der Waals surface area (Å²) in [6, 6.07) is 16.0. The second-order valence-electron chi connectivity index (χ2n) is 7.89. The molecule has 2 heterocycles. The molecule has 2 aromatic carbocycles. The highest BCUT2D eigenvalue weighted by Gasteiger charge is 2.35. The van der Waals surface area contributed by atoms with Gasteiger partial charge in [-0.2, -0.15) is 0 Å². The van der Waals surface area contributed by atoms with E-state index in [9.17, 15) is 4.79 Å². The number of benzene rings is 2. The lowest BCUT2D eigenvalue weighted by Crippen LogP contribution is -2.42. The number of rotatable bonds is 5. The van der Waals surface area contributed by atoms with Gasteiger partial charge in [-0.3, -0.25) is 0 Å². The smallest absolute Gasteiger partial charge is 0.322 e. The molecule has 5 heteroatoms. The number of methoxy groups -OCH3 is 1.